The predicted octanol–water partition coefficient (Wildman–Crippen LogP) is 2.28. The van der Waals surface area contributed by atoms with Gasteiger partial charge in [-0.25, -0.2) is 0 Å². The van der Waals surface area contributed by atoms with E-state index in [0.717, 1.165) is 42.3 Å². The maximum Gasteiger partial charge on any atom is 0.0863 e. The average Bonchev–Trinajstić information content (AvgIpc) is 3.15. The number of nitrogens with two attached hydrogens (primary N) is 1. The van der Waals surface area contributed by atoms with Gasteiger partial charge in [0.05, 0.1) is 21.4 Å². The molecular weight excluding hydrogens is 280 g/mol. The Kier molecular flexibility index (Phi) is 4.81. The molecule has 1 aliphatic carbocycles. The second-order valence-electron chi connectivity index (χ2n) is 5.10. The molecule has 1 saturated carbocycles. The Morgan fingerprint density at radius 3 is 2.74 bits per heavy atom. The van der Waals surface area contributed by atoms with Gasteiger partial charge in [0.1, 0.15) is 0 Å². The van der Waals surface area contributed by atoms with Crippen molar-refractivity contribution in [1.29, 1.82) is 0 Å². The highest BCUT2D eigenvalue weighted by Gasteiger charge is 2.30. The highest BCUT2D eigenvalue weighted by atomic mass is 35.5. The second kappa shape index (κ2) is 6.20. The minimum Gasteiger partial charge on any atom is -0.393 e. The van der Waals surface area contributed by atoms with E-state index in [1.807, 2.05) is 11.7 Å². The summed E-state index contributed by atoms with van der Waals surface area (Å²) >= 11 is 11.4. The average molecular weight is 301 g/mol. The monoisotopic (exact) mass is 300 g/mol. The van der Waals surface area contributed by atoms with Gasteiger partial charge in [-0.2, -0.15) is 5.10 Å². The topological polar surface area (TPSA) is 47.1 Å². The third-order valence-electron chi connectivity index (χ3n) is 3.56. The number of aromatic nitrogens is 2. The number of aryl methyl sites for hydroxylation is 2. The van der Waals surface area contributed by atoms with Crippen molar-refractivity contribution in [2.24, 2.45) is 12.8 Å². The minimum atomic E-state index is 0.580. The van der Waals surface area contributed by atoms with Crippen molar-refractivity contribution >= 4 is 28.8 Å². The number of thiocarbonyl (C=S) groups is 1. The van der Waals surface area contributed by atoms with Crippen LogP contribution in [0.25, 0.3) is 0 Å². The van der Waals surface area contributed by atoms with E-state index in [9.17, 15) is 0 Å². The van der Waals surface area contributed by atoms with Gasteiger partial charge in [0, 0.05) is 32.6 Å². The van der Waals surface area contributed by atoms with Crippen LogP contribution in [-0.4, -0.2) is 32.3 Å². The predicted molar refractivity (Wildman–Crippen MR) is 82.4 cm³/mol. The van der Waals surface area contributed by atoms with Crippen LogP contribution >= 0.6 is 23.8 Å². The fraction of sp³-hybridized carbons (Fsp3) is 0.692. The maximum atomic E-state index is 6.40. The second-order valence-corrected chi connectivity index (χ2v) is 6.00. The van der Waals surface area contributed by atoms with E-state index in [2.05, 4.69) is 16.9 Å². The van der Waals surface area contributed by atoms with Crippen LogP contribution in [0.2, 0.25) is 5.02 Å². The third-order valence-corrected chi connectivity index (χ3v) is 4.20. The smallest absolute Gasteiger partial charge is 0.0863 e. The van der Waals surface area contributed by atoms with E-state index in [-0.39, 0.29) is 0 Å². The quantitative estimate of drug-likeness (QED) is 0.785. The minimum absolute atomic E-state index is 0.580. The van der Waals surface area contributed by atoms with E-state index in [4.69, 9.17) is 29.6 Å². The van der Waals surface area contributed by atoms with Gasteiger partial charge in [-0.05, 0) is 19.3 Å². The van der Waals surface area contributed by atoms with Crippen molar-refractivity contribution in [2.45, 2.75) is 45.2 Å². The molecule has 0 spiro atoms. The first-order valence-electron chi connectivity index (χ1n) is 6.75. The number of nitrogens with zero attached hydrogens (tertiary/aromatic N) is 3. The van der Waals surface area contributed by atoms with Crippen LogP contribution in [0.3, 0.4) is 0 Å². The van der Waals surface area contributed by atoms with Crippen LogP contribution in [-0.2, 0) is 20.0 Å². The van der Waals surface area contributed by atoms with Gasteiger partial charge in [-0.15, -0.1) is 0 Å². The first kappa shape index (κ1) is 14.8. The number of rotatable bonds is 7. The molecule has 0 saturated heterocycles. The molecule has 2 rings (SSSR count). The Labute approximate surface area is 124 Å². The van der Waals surface area contributed by atoms with E-state index in [0.29, 0.717) is 11.0 Å². The van der Waals surface area contributed by atoms with E-state index >= 15 is 0 Å². The first-order valence-corrected chi connectivity index (χ1v) is 7.54. The summed E-state index contributed by atoms with van der Waals surface area (Å²) in [5.41, 5.74) is 7.67. The number of hydrogen-bond donors (Lipinski definition) is 1. The summed E-state index contributed by atoms with van der Waals surface area (Å²) in [4.78, 5) is 3.00. The lowest BCUT2D eigenvalue weighted by atomic mass is 10.2. The summed E-state index contributed by atoms with van der Waals surface area (Å²) in [6.07, 6.45) is 4.14. The molecule has 1 aromatic rings. The molecule has 4 nitrogen and oxygen atoms in total. The lowest BCUT2D eigenvalue weighted by Gasteiger charge is -2.21. The molecule has 0 radical (unpaired) electrons. The molecular formula is C13H21ClN4S. The van der Waals surface area contributed by atoms with Crippen LogP contribution in [0.1, 0.15) is 37.6 Å². The van der Waals surface area contributed by atoms with Crippen molar-refractivity contribution in [1.82, 2.24) is 14.7 Å². The molecule has 1 aliphatic rings. The standard InChI is InChI=1S/C13H21ClN4S/c1-3-10-13(14)11(17(2)16-10)8-18(9-4-5-9)7-6-12(15)19/h9H,3-8H2,1-2H3,(H2,15,19). The summed E-state index contributed by atoms with van der Waals surface area (Å²) in [5, 5.41) is 5.28. The molecule has 1 fully saturated rings. The fourth-order valence-corrected chi connectivity index (χ4v) is 2.71. The van der Waals surface area contributed by atoms with E-state index in [1.165, 1.54) is 12.8 Å². The summed E-state index contributed by atoms with van der Waals surface area (Å²) in [5.74, 6) is 0. The van der Waals surface area contributed by atoms with Crippen LogP contribution in [0.5, 0.6) is 0 Å². The Hall–Kier alpha value is -0.650. The Morgan fingerprint density at radius 1 is 1.58 bits per heavy atom. The Bertz CT molecular complexity index is 467. The zero-order chi connectivity index (χ0) is 14.0. The van der Waals surface area contributed by atoms with Crippen LogP contribution in [0.4, 0.5) is 0 Å². The summed E-state index contributed by atoms with van der Waals surface area (Å²) in [6.45, 7) is 3.81. The van der Waals surface area contributed by atoms with Crippen LogP contribution in [0, 0.1) is 0 Å². The molecule has 19 heavy (non-hydrogen) atoms. The number of hydrogen-bond acceptors (Lipinski definition) is 3. The molecule has 1 aromatic heterocycles. The van der Waals surface area contributed by atoms with Gasteiger partial charge in [0.2, 0.25) is 0 Å². The molecule has 0 aliphatic heterocycles. The van der Waals surface area contributed by atoms with Crippen molar-refractivity contribution in [3.05, 3.63) is 16.4 Å². The van der Waals surface area contributed by atoms with Crippen LogP contribution < -0.4 is 5.73 Å². The summed E-state index contributed by atoms with van der Waals surface area (Å²) in [6, 6.07) is 0.658. The van der Waals surface area contributed by atoms with Crippen molar-refractivity contribution < 1.29 is 0 Å². The molecule has 6 heteroatoms. The van der Waals surface area contributed by atoms with E-state index in [1.54, 1.807) is 0 Å². The highest BCUT2D eigenvalue weighted by molar-refractivity contribution is 7.80. The van der Waals surface area contributed by atoms with Crippen LogP contribution in [0.15, 0.2) is 0 Å². The van der Waals surface area contributed by atoms with Crippen molar-refractivity contribution in [3.63, 3.8) is 0 Å². The lowest BCUT2D eigenvalue weighted by molar-refractivity contribution is 0.255. The zero-order valence-corrected chi connectivity index (χ0v) is 13.1. The summed E-state index contributed by atoms with van der Waals surface area (Å²) in [7, 11) is 1.96. The van der Waals surface area contributed by atoms with Gasteiger partial charge >= 0.3 is 0 Å². The number of halogens is 1. The van der Waals surface area contributed by atoms with Gasteiger partial charge in [-0.3, -0.25) is 9.58 Å². The fourth-order valence-electron chi connectivity index (χ4n) is 2.27. The Morgan fingerprint density at radius 2 is 2.26 bits per heavy atom. The van der Waals surface area contributed by atoms with E-state index < -0.39 is 0 Å². The normalized spacial score (nSPS) is 15.2. The maximum absolute atomic E-state index is 6.40. The molecule has 0 aromatic carbocycles. The zero-order valence-electron chi connectivity index (χ0n) is 11.5. The summed E-state index contributed by atoms with van der Waals surface area (Å²) < 4.78 is 1.90. The third kappa shape index (κ3) is 3.68. The molecule has 0 atom stereocenters. The molecule has 2 N–H and O–H groups in total. The Balaban J connectivity index is 2.08. The lowest BCUT2D eigenvalue weighted by Crippen LogP contribution is -2.30. The van der Waals surface area contributed by atoms with Gasteiger partial charge < -0.3 is 5.73 Å². The highest BCUT2D eigenvalue weighted by Crippen LogP contribution is 2.30. The first-order chi connectivity index (χ1) is 9.02. The molecule has 0 unspecified atom stereocenters. The van der Waals surface area contributed by atoms with Gasteiger partial charge in [-0.1, -0.05) is 30.7 Å². The van der Waals surface area contributed by atoms with Crippen molar-refractivity contribution in [2.75, 3.05) is 6.54 Å². The molecule has 106 valence electrons. The van der Waals surface area contributed by atoms with Gasteiger partial charge in [0.15, 0.2) is 0 Å². The van der Waals surface area contributed by atoms with Gasteiger partial charge in [0.25, 0.3) is 0 Å². The molecule has 0 bridgehead atoms. The largest absolute Gasteiger partial charge is 0.393 e. The molecule has 0 amide bonds. The molecule has 1 heterocycles. The SMILES string of the molecule is CCc1nn(C)c(CN(CCC(N)=S)C2CC2)c1Cl. The van der Waals surface area contributed by atoms with Crippen molar-refractivity contribution in [3.8, 4) is 0 Å².